The first kappa shape index (κ1) is 8.37. The first-order valence-corrected chi connectivity index (χ1v) is 5.20. The Balaban J connectivity index is 2.13. The minimum Gasteiger partial charge on any atom is -0.118 e. The molecule has 0 aromatic heterocycles. The van der Waals surface area contributed by atoms with E-state index >= 15 is 0 Å². The molecule has 0 N–H and O–H groups in total. The maximum Gasteiger partial charge on any atom is 0.0518 e. The topological polar surface area (TPSA) is 0 Å². The normalized spacial score (nSPS) is 45.8. The lowest BCUT2D eigenvalue weighted by atomic mass is 9.82. The van der Waals surface area contributed by atoms with E-state index in [1.165, 1.54) is 19.3 Å². The van der Waals surface area contributed by atoms with Crippen molar-refractivity contribution >= 4 is 11.6 Å². The van der Waals surface area contributed by atoms with E-state index in [-0.39, 0.29) is 5.38 Å². The van der Waals surface area contributed by atoms with Crippen molar-refractivity contribution in [2.75, 3.05) is 0 Å². The van der Waals surface area contributed by atoms with Gasteiger partial charge in [0.1, 0.15) is 0 Å². The van der Waals surface area contributed by atoms with E-state index in [4.69, 9.17) is 11.6 Å². The lowest BCUT2D eigenvalue weighted by Crippen LogP contribution is -2.19. The molecular weight excluding hydrogens is 168 g/mol. The Kier molecular flexibility index (Phi) is 2.27. The van der Waals surface area contributed by atoms with Crippen molar-refractivity contribution in [3.8, 4) is 0 Å². The highest BCUT2D eigenvalue weighted by molar-refractivity contribution is 6.21. The average Bonchev–Trinajstić information content (AvgIpc) is 2.46. The van der Waals surface area contributed by atoms with Gasteiger partial charge in [0.2, 0.25) is 0 Å². The van der Waals surface area contributed by atoms with Crippen LogP contribution in [0.25, 0.3) is 0 Å². The molecule has 0 aromatic rings. The van der Waals surface area contributed by atoms with Gasteiger partial charge < -0.3 is 0 Å². The second-order valence-corrected chi connectivity index (χ2v) is 4.51. The number of alkyl halides is 1. The fourth-order valence-electron chi connectivity index (χ4n) is 2.61. The number of hydrogen-bond donors (Lipinski definition) is 0. The Morgan fingerprint density at radius 1 is 1.33 bits per heavy atom. The van der Waals surface area contributed by atoms with Crippen molar-refractivity contribution in [3.63, 3.8) is 0 Å². The zero-order chi connectivity index (χ0) is 8.55. The molecule has 4 atom stereocenters. The van der Waals surface area contributed by atoms with Crippen LogP contribution in [-0.2, 0) is 0 Å². The standard InChI is InChI=1S/C11H15Cl/c1-2-8-3-4-9-7-10(12)5-6-11(8)9/h2,5-6,8-11H,1,3-4,7H2. The van der Waals surface area contributed by atoms with E-state index < -0.39 is 0 Å². The maximum absolute atomic E-state index is 6.06. The average molecular weight is 183 g/mol. The predicted octanol–water partition coefficient (Wildman–Crippen LogP) is 3.38. The van der Waals surface area contributed by atoms with Crippen molar-refractivity contribution in [3.05, 3.63) is 24.8 Å². The van der Waals surface area contributed by atoms with E-state index in [2.05, 4.69) is 24.8 Å². The van der Waals surface area contributed by atoms with Crippen LogP contribution in [-0.4, -0.2) is 5.38 Å². The summed E-state index contributed by atoms with van der Waals surface area (Å²) in [6.07, 6.45) is 10.4. The molecule has 1 heteroatoms. The van der Waals surface area contributed by atoms with Crippen LogP contribution in [0.2, 0.25) is 0 Å². The van der Waals surface area contributed by atoms with Crippen LogP contribution in [0, 0.1) is 17.8 Å². The highest BCUT2D eigenvalue weighted by atomic mass is 35.5. The summed E-state index contributed by atoms with van der Waals surface area (Å²) in [4.78, 5) is 0. The van der Waals surface area contributed by atoms with Crippen LogP contribution >= 0.6 is 11.6 Å². The quantitative estimate of drug-likeness (QED) is 0.431. The Labute approximate surface area is 79.3 Å². The molecule has 66 valence electrons. The Bertz CT molecular complexity index is 207. The summed E-state index contributed by atoms with van der Waals surface area (Å²) in [7, 11) is 0. The van der Waals surface area contributed by atoms with Gasteiger partial charge in [0.25, 0.3) is 0 Å². The van der Waals surface area contributed by atoms with Gasteiger partial charge in [-0.15, -0.1) is 18.2 Å². The molecule has 0 aliphatic heterocycles. The molecule has 2 aliphatic carbocycles. The summed E-state index contributed by atoms with van der Waals surface area (Å²) in [6.45, 7) is 3.89. The van der Waals surface area contributed by atoms with Crippen LogP contribution in [0.5, 0.6) is 0 Å². The van der Waals surface area contributed by atoms with Gasteiger partial charge in [0.05, 0.1) is 5.38 Å². The SMILES string of the molecule is C=CC1CCC2CC(Cl)C=CC12. The van der Waals surface area contributed by atoms with Crippen LogP contribution in [0.1, 0.15) is 19.3 Å². The van der Waals surface area contributed by atoms with Crippen molar-refractivity contribution in [1.29, 1.82) is 0 Å². The van der Waals surface area contributed by atoms with E-state index in [0.29, 0.717) is 0 Å². The summed E-state index contributed by atoms with van der Waals surface area (Å²) < 4.78 is 0. The van der Waals surface area contributed by atoms with Crippen molar-refractivity contribution in [2.45, 2.75) is 24.6 Å². The second kappa shape index (κ2) is 3.26. The molecule has 0 saturated heterocycles. The van der Waals surface area contributed by atoms with Gasteiger partial charge in [-0.1, -0.05) is 18.2 Å². The third-order valence-corrected chi connectivity index (χ3v) is 3.61. The molecule has 0 radical (unpaired) electrons. The Morgan fingerprint density at radius 3 is 2.92 bits per heavy atom. The third-order valence-electron chi connectivity index (χ3n) is 3.28. The highest BCUT2D eigenvalue weighted by Gasteiger charge is 2.35. The summed E-state index contributed by atoms with van der Waals surface area (Å²) in [5.41, 5.74) is 0. The van der Waals surface area contributed by atoms with Gasteiger partial charge in [-0.2, -0.15) is 0 Å². The van der Waals surface area contributed by atoms with Crippen LogP contribution in [0.4, 0.5) is 0 Å². The fraction of sp³-hybridized carbons (Fsp3) is 0.636. The molecule has 4 unspecified atom stereocenters. The third kappa shape index (κ3) is 1.33. The van der Waals surface area contributed by atoms with Gasteiger partial charge in [-0.05, 0) is 37.0 Å². The molecule has 2 aliphatic rings. The molecule has 0 spiro atoms. The molecule has 1 saturated carbocycles. The maximum atomic E-state index is 6.06. The van der Waals surface area contributed by atoms with Gasteiger partial charge in [0.15, 0.2) is 0 Å². The summed E-state index contributed by atoms with van der Waals surface area (Å²) >= 11 is 6.06. The summed E-state index contributed by atoms with van der Waals surface area (Å²) in [6, 6.07) is 0. The minimum atomic E-state index is 0.287. The van der Waals surface area contributed by atoms with Crippen molar-refractivity contribution < 1.29 is 0 Å². The summed E-state index contributed by atoms with van der Waals surface area (Å²) in [5.74, 6) is 2.30. The molecule has 0 nitrogen and oxygen atoms in total. The van der Waals surface area contributed by atoms with Crippen molar-refractivity contribution in [2.24, 2.45) is 17.8 Å². The molecule has 0 heterocycles. The lowest BCUT2D eigenvalue weighted by molar-refractivity contribution is 0.385. The number of hydrogen-bond acceptors (Lipinski definition) is 0. The Hall–Kier alpha value is -0.230. The van der Waals surface area contributed by atoms with E-state index in [1.54, 1.807) is 0 Å². The molecule has 0 amide bonds. The van der Waals surface area contributed by atoms with Gasteiger partial charge in [-0.3, -0.25) is 0 Å². The van der Waals surface area contributed by atoms with Crippen LogP contribution in [0.15, 0.2) is 24.8 Å². The number of fused-ring (bicyclic) bond motifs is 1. The molecular formula is C11H15Cl. The van der Waals surface area contributed by atoms with E-state index in [9.17, 15) is 0 Å². The summed E-state index contributed by atoms with van der Waals surface area (Å²) in [5, 5.41) is 0.287. The molecule has 1 fully saturated rings. The van der Waals surface area contributed by atoms with Crippen LogP contribution < -0.4 is 0 Å². The molecule has 0 aromatic carbocycles. The number of rotatable bonds is 1. The Morgan fingerprint density at radius 2 is 2.17 bits per heavy atom. The lowest BCUT2D eigenvalue weighted by Gasteiger charge is -2.25. The smallest absolute Gasteiger partial charge is 0.0518 e. The monoisotopic (exact) mass is 182 g/mol. The zero-order valence-electron chi connectivity index (χ0n) is 7.25. The first-order valence-electron chi connectivity index (χ1n) is 4.76. The second-order valence-electron chi connectivity index (χ2n) is 3.95. The largest absolute Gasteiger partial charge is 0.118 e. The minimum absolute atomic E-state index is 0.287. The van der Waals surface area contributed by atoms with Gasteiger partial charge in [-0.25, -0.2) is 0 Å². The van der Waals surface area contributed by atoms with E-state index in [1.807, 2.05) is 0 Å². The molecule has 12 heavy (non-hydrogen) atoms. The fourth-order valence-corrected chi connectivity index (χ4v) is 2.92. The molecule has 2 rings (SSSR count). The van der Waals surface area contributed by atoms with Crippen molar-refractivity contribution in [1.82, 2.24) is 0 Å². The number of allylic oxidation sites excluding steroid dienone is 3. The number of halogens is 1. The molecule has 0 bridgehead atoms. The zero-order valence-corrected chi connectivity index (χ0v) is 8.00. The van der Waals surface area contributed by atoms with Gasteiger partial charge in [0, 0.05) is 0 Å². The highest BCUT2D eigenvalue weighted by Crippen LogP contribution is 2.44. The predicted molar refractivity (Wildman–Crippen MR) is 53.3 cm³/mol. The van der Waals surface area contributed by atoms with E-state index in [0.717, 1.165) is 17.8 Å². The van der Waals surface area contributed by atoms with Gasteiger partial charge >= 0.3 is 0 Å². The van der Waals surface area contributed by atoms with Crippen LogP contribution in [0.3, 0.4) is 0 Å². The first-order chi connectivity index (χ1) is 5.81.